The van der Waals surface area contributed by atoms with Gasteiger partial charge in [0.05, 0.1) is 17.5 Å². The van der Waals surface area contributed by atoms with Crippen molar-refractivity contribution in [3.8, 4) is 0 Å². The lowest BCUT2D eigenvalue weighted by molar-refractivity contribution is -0.140. The average Bonchev–Trinajstić information content (AvgIpc) is 3.51. The molecule has 1 aromatic heterocycles. The van der Waals surface area contributed by atoms with E-state index in [0.717, 1.165) is 15.6 Å². The number of hydrogen-bond donors (Lipinski definition) is 4. The first-order valence-electron chi connectivity index (χ1n) is 11.6. The Balaban J connectivity index is 1.36. The van der Waals surface area contributed by atoms with E-state index in [1.807, 2.05) is 54.6 Å². The van der Waals surface area contributed by atoms with Crippen LogP contribution in [0.3, 0.4) is 0 Å². The van der Waals surface area contributed by atoms with Gasteiger partial charge in [-0.2, -0.15) is 0 Å². The summed E-state index contributed by atoms with van der Waals surface area (Å²) in [5.41, 5.74) is 0.818. The zero-order valence-corrected chi connectivity index (χ0v) is 20.2. The number of Topliss-reactive ketones (excluding diaryl/α,β-unsaturated/α-hetero) is 1. The van der Waals surface area contributed by atoms with Crippen LogP contribution >= 0.6 is 11.3 Å². The number of thiophene rings is 1. The van der Waals surface area contributed by atoms with E-state index in [-0.39, 0.29) is 25.4 Å². The maximum Gasteiger partial charge on any atom is 0.289 e. The predicted molar refractivity (Wildman–Crippen MR) is 135 cm³/mol. The summed E-state index contributed by atoms with van der Waals surface area (Å²) in [4.78, 5) is 63.1. The molecule has 3 aromatic rings. The highest BCUT2D eigenvalue weighted by atomic mass is 32.1. The second kappa shape index (κ2) is 11.6. The number of rotatable bonds is 10. The van der Waals surface area contributed by atoms with E-state index >= 15 is 0 Å². The number of carbonyl (C=O) groups is 5. The minimum absolute atomic E-state index is 0.000571. The molecule has 10 heteroatoms. The summed E-state index contributed by atoms with van der Waals surface area (Å²) in [6.07, 6.45) is 0.506. The van der Waals surface area contributed by atoms with Crippen molar-refractivity contribution in [3.63, 3.8) is 0 Å². The fourth-order valence-electron chi connectivity index (χ4n) is 4.00. The molecule has 0 saturated carbocycles. The smallest absolute Gasteiger partial charge is 0.289 e. The van der Waals surface area contributed by atoms with Crippen molar-refractivity contribution in [1.82, 2.24) is 21.3 Å². The molecule has 4 N–H and O–H groups in total. The van der Waals surface area contributed by atoms with Gasteiger partial charge in [0.25, 0.3) is 11.8 Å². The Kier molecular flexibility index (Phi) is 8.06. The summed E-state index contributed by atoms with van der Waals surface area (Å²) in [5, 5.41) is 11.3. The van der Waals surface area contributed by atoms with Gasteiger partial charge < -0.3 is 21.3 Å². The third kappa shape index (κ3) is 6.33. The summed E-state index contributed by atoms with van der Waals surface area (Å²) < 4.78 is 0.953. The van der Waals surface area contributed by atoms with Crippen LogP contribution in [0.5, 0.6) is 0 Å². The molecule has 0 spiro atoms. The highest BCUT2D eigenvalue weighted by molar-refractivity contribution is 7.20. The summed E-state index contributed by atoms with van der Waals surface area (Å²) in [5.74, 6) is -3.44. The number of fused-ring (bicyclic) bond motifs is 1. The lowest BCUT2D eigenvalue weighted by atomic mass is 9.95. The molecule has 36 heavy (non-hydrogen) atoms. The molecule has 1 unspecified atom stereocenters. The second-order valence-corrected chi connectivity index (χ2v) is 9.58. The van der Waals surface area contributed by atoms with Gasteiger partial charge in [-0.25, -0.2) is 0 Å². The first-order chi connectivity index (χ1) is 17.4. The highest BCUT2D eigenvalue weighted by Crippen LogP contribution is 2.25. The van der Waals surface area contributed by atoms with Crippen molar-refractivity contribution < 1.29 is 24.0 Å². The van der Waals surface area contributed by atoms with Crippen LogP contribution in [0, 0.1) is 5.92 Å². The molecule has 2 heterocycles. The Morgan fingerprint density at radius 2 is 1.75 bits per heavy atom. The average molecular weight is 507 g/mol. The number of ketones is 1. The highest BCUT2D eigenvalue weighted by Gasteiger charge is 2.34. The molecule has 1 saturated heterocycles. The van der Waals surface area contributed by atoms with Gasteiger partial charge in [-0.3, -0.25) is 24.0 Å². The van der Waals surface area contributed by atoms with E-state index < -0.39 is 35.5 Å². The Morgan fingerprint density at radius 3 is 2.47 bits per heavy atom. The van der Waals surface area contributed by atoms with E-state index in [1.165, 1.54) is 11.3 Å². The quantitative estimate of drug-likeness (QED) is 0.310. The van der Waals surface area contributed by atoms with Crippen molar-refractivity contribution in [1.29, 1.82) is 0 Å². The van der Waals surface area contributed by atoms with Crippen molar-refractivity contribution in [2.45, 2.75) is 25.4 Å². The van der Waals surface area contributed by atoms with Gasteiger partial charge in [-0.05, 0) is 35.9 Å². The Morgan fingerprint density at radius 1 is 1.00 bits per heavy atom. The SMILES string of the molecule is O=C(CNC(=O)c1cc2ccccc2s1)NC(C[C@@H]1CCNC1=O)C(=O)C(=O)NCc1ccccc1. The Hall–Kier alpha value is -4.05. The van der Waals surface area contributed by atoms with Crippen LogP contribution in [0.4, 0.5) is 0 Å². The molecule has 0 aliphatic carbocycles. The maximum atomic E-state index is 12.9. The molecule has 1 aliphatic heterocycles. The van der Waals surface area contributed by atoms with Crippen LogP contribution in [-0.4, -0.2) is 48.5 Å². The van der Waals surface area contributed by atoms with Crippen LogP contribution in [0.15, 0.2) is 60.7 Å². The van der Waals surface area contributed by atoms with Crippen LogP contribution < -0.4 is 21.3 Å². The van der Waals surface area contributed by atoms with Gasteiger partial charge in [0.15, 0.2) is 0 Å². The lowest BCUT2D eigenvalue weighted by Crippen LogP contribution is -2.50. The fourth-order valence-corrected chi connectivity index (χ4v) is 4.98. The minimum atomic E-state index is -1.19. The Labute approximate surface area is 211 Å². The predicted octanol–water partition coefficient (Wildman–Crippen LogP) is 1.53. The van der Waals surface area contributed by atoms with E-state index in [1.54, 1.807) is 6.07 Å². The molecule has 1 fully saturated rings. The third-order valence-electron chi connectivity index (χ3n) is 5.91. The molecule has 0 bridgehead atoms. The van der Waals surface area contributed by atoms with Crippen LogP contribution in [-0.2, 0) is 25.7 Å². The zero-order valence-electron chi connectivity index (χ0n) is 19.4. The fraction of sp³-hybridized carbons (Fsp3) is 0.269. The van der Waals surface area contributed by atoms with Crippen molar-refractivity contribution >= 4 is 50.8 Å². The third-order valence-corrected chi connectivity index (χ3v) is 7.03. The molecule has 9 nitrogen and oxygen atoms in total. The molecule has 186 valence electrons. The molecule has 2 atom stereocenters. The van der Waals surface area contributed by atoms with Crippen molar-refractivity contribution in [3.05, 3.63) is 71.1 Å². The van der Waals surface area contributed by atoms with E-state index in [4.69, 9.17) is 0 Å². The normalized spacial score (nSPS) is 15.7. The summed E-state index contributed by atoms with van der Waals surface area (Å²) >= 11 is 1.31. The molecular formula is C26H26N4O5S. The number of carbonyl (C=O) groups excluding carboxylic acids is 5. The molecule has 4 amide bonds. The van der Waals surface area contributed by atoms with E-state index in [9.17, 15) is 24.0 Å². The second-order valence-electron chi connectivity index (χ2n) is 8.50. The van der Waals surface area contributed by atoms with Gasteiger partial charge in [-0.1, -0.05) is 48.5 Å². The number of benzene rings is 2. The number of amides is 4. The number of nitrogens with one attached hydrogen (secondary N) is 4. The van der Waals surface area contributed by atoms with E-state index in [2.05, 4.69) is 21.3 Å². The molecular weight excluding hydrogens is 480 g/mol. The number of hydrogen-bond acceptors (Lipinski definition) is 6. The van der Waals surface area contributed by atoms with Crippen LogP contribution in [0.25, 0.3) is 10.1 Å². The van der Waals surface area contributed by atoms with Gasteiger partial charge in [0.2, 0.25) is 17.6 Å². The van der Waals surface area contributed by atoms with Crippen molar-refractivity contribution in [2.75, 3.05) is 13.1 Å². The van der Waals surface area contributed by atoms with Gasteiger partial charge in [0.1, 0.15) is 0 Å². The van der Waals surface area contributed by atoms with Gasteiger partial charge >= 0.3 is 0 Å². The largest absolute Gasteiger partial charge is 0.356 e. The van der Waals surface area contributed by atoms with Gasteiger partial charge in [-0.15, -0.1) is 11.3 Å². The first-order valence-corrected chi connectivity index (χ1v) is 12.4. The zero-order chi connectivity index (χ0) is 25.5. The molecule has 1 aliphatic rings. The Bertz CT molecular complexity index is 1260. The summed E-state index contributed by atoms with van der Waals surface area (Å²) in [6, 6.07) is 17.2. The molecule has 4 rings (SSSR count). The first kappa shape index (κ1) is 25.1. The summed E-state index contributed by atoms with van der Waals surface area (Å²) in [6.45, 7) is 0.254. The maximum absolute atomic E-state index is 12.9. The summed E-state index contributed by atoms with van der Waals surface area (Å²) in [7, 11) is 0. The lowest BCUT2D eigenvalue weighted by Gasteiger charge is -2.20. The molecule has 0 radical (unpaired) electrons. The monoisotopic (exact) mass is 506 g/mol. The molecule has 2 aromatic carbocycles. The standard InChI is InChI=1S/C26H26N4O5S/c31-22(15-29-25(34)21-13-17-8-4-5-9-20(17)36-21)30-19(12-18-10-11-27-24(18)33)23(32)26(35)28-14-16-6-2-1-3-7-16/h1-9,13,18-19H,10-12,14-15H2,(H,27,33)(H,28,35)(H,29,34)(H,30,31)/t18-,19?/m0/s1. The van der Waals surface area contributed by atoms with Crippen LogP contribution in [0.2, 0.25) is 0 Å². The van der Waals surface area contributed by atoms with E-state index in [0.29, 0.717) is 17.8 Å². The minimum Gasteiger partial charge on any atom is -0.356 e. The van der Waals surface area contributed by atoms with Gasteiger partial charge in [0, 0.05) is 23.7 Å². The van der Waals surface area contributed by atoms with Crippen LogP contribution in [0.1, 0.15) is 28.1 Å². The topological polar surface area (TPSA) is 133 Å². The van der Waals surface area contributed by atoms with Crippen molar-refractivity contribution in [2.24, 2.45) is 5.92 Å².